The number of methoxy groups -OCH3 is 1. The van der Waals surface area contributed by atoms with Gasteiger partial charge < -0.3 is 10.5 Å². The zero-order valence-corrected chi connectivity index (χ0v) is 10.8. The third-order valence-corrected chi connectivity index (χ3v) is 3.41. The first-order valence-corrected chi connectivity index (χ1v) is 6.13. The third-order valence-electron chi connectivity index (χ3n) is 2.60. The van der Waals surface area contributed by atoms with Gasteiger partial charge in [-0.1, -0.05) is 12.1 Å². The summed E-state index contributed by atoms with van der Waals surface area (Å²) in [6, 6.07) is 6.18. The van der Waals surface area contributed by atoms with Crippen LogP contribution < -0.4 is 5.73 Å². The lowest BCUT2D eigenvalue weighted by Gasteiger charge is -2.04. The van der Waals surface area contributed by atoms with Gasteiger partial charge >= 0.3 is 5.97 Å². The van der Waals surface area contributed by atoms with Crippen LogP contribution in [0.25, 0.3) is 11.1 Å². The Morgan fingerprint density at radius 3 is 2.68 bits per heavy atom. The average molecular weight is 278 g/mol. The Hall–Kier alpha value is -2.41. The number of ether oxygens (including phenoxy) is 1. The molecule has 98 valence electrons. The van der Waals surface area contributed by atoms with Crippen LogP contribution in [-0.2, 0) is 4.74 Å². The van der Waals surface area contributed by atoms with E-state index in [0.29, 0.717) is 11.1 Å². The maximum absolute atomic E-state index is 11.7. The molecule has 0 unspecified atom stereocenters. The number of hydrogen-bond donors (Lipinski definition) is 1. The van der Waals surface area contributed by atoms with E-state index in [0.717, 1.165) is 11.3 Å². The van der Waals surface area contributed by atoms with Gasteiger partial charge in [0.25, 0.3) is 5.69 Å². The number of benzene rings is 1. The molecule has 0 saturated carbocycles. The zero-order valence-electron chi connectivity index (χ0n) is 9.95. The van der Waals surface area contributed by atoms with E-state index in [2.05, 4.69) is 4.74 Å². The Kier molecular flexibility index (Phi) is 3.48. The predicted octanol–water partition coefficient (Wildman–Crippen LogP) is 2.69. The highest BCUT2D eigenvalue weighted by Gasteiger charge is 2.24. The van der Waals surface area contributed by atoms with Crippen molar-refractivity contribution in [3.63, 3.8) is 0 Å². The predicted molar refractivity (Wildman–Crippen MR) is 72.2 cm³/mol. The fraction of sp³-hybridized carbons (Fsp3) is 0.0833. The number of nitrogens with zero attached hydrogens (tertiary/aromatic N) is 1. The second kappa shape index (κ2) is 5.07. The molecule has 0 bridgehead atoms. The molecule has 7 heteroatoms. The smallest absolute Gasteiger partial charge is 0.341 e. The van der Waals surface area contributed by atoms with E-state index in [9.17, 15) is 14.9 Å². The first kappa shape index (κ1) is 13.0. The van der Waals surface area contributed by atoms with E-state index in [1.807, 2.05) is 0 Å². The Bertz CT molecular complexity index is 651. The number of rotatable bonds is 3. The van der Waals surface area contributed by atoms with Gasteiger partial charge in [-0.2, -0.15) is 0 Å². The largest absolute Gasteiger partial charge is 0.465 e. The lowest BCUT2D eigenvalue weighted by atomic mass is 10.0. The number of anilines is 1. The van der Waals surface area contributed by atoms with Crippen molar-refractivity contribution in [3.8, 4) is 11.1 Å². The second-order valence-corrected chi connectivity index (χ2v) is 4.57. The van der Waals surface area contributed by atoms with Gasteiger partial charge in [0.2, 0.25) is 0 Å². The summed E-state index contributed by atoms with van der Waals surface area (Å²) in [4.78, 5) is 22.2. The summed E-state index contributed by atoms with van der Waals surface area (Å²) < 4.78 is 4.66. The quantitative estimate of drug-likeness (QED) is 0.529. The standard InChI is InChI=1S/C12H10N2O4S/c1-18-12(15)10-8(6-19-11(10)13)7-4-2-3-5-9(7)14(16)17/h2-6H,13H2,1H3. The molecule has 2 aromatic rings. The molecule has 1 heterocycles. The molecule has 0 saturated heterocycles. The van der Waals surface area contributed by atoms with Crippen LogP contribution in [0.4, 0.5) is 10.7 Å². The van der Waals surface area contributed by atoms with Crippen molar-refractivity contribution in [2.45, 2.75) is 0 Å². The minimum absolute atomic E-state index is 0.0783. The zero-order chi connectivity index (χ0) is 14.0. The molecule has 0 aliphatic rings. The van der Waals surface area contributed by atoms with Crippen molar-refractivity contribution in [1.82, 2.24) is 0 Å². The van der Waals surface area contributed by atoms with Gasteiger partial charge in [-0.25, -0.2) is 4.79 Å². The molecule has 0 radical (unpaired) electrons. The SMILES string of the molecule is COC(=O)c1c(-c2ccccc2[N+](=O)[O-])csc1N. The number of nitrogen functional groups attached to an aromatic ring is 1. The summed E-state index contributed by atoms with van der Waals surface area (Å²) in [5, 5.41) is 12.9. The monoisotopic (exact) mass is 278 g/mol. The van der Waals surface area contributed by atoms with E-state index in [1.165, 1.54) is 13.2 Å². The Morgan fingerprint density at radius 2 is 2.05 bits per heavy atom. The highest BCUT2D eigenvalue weighted by Crippen LogP contribution is 2.38. The Morgan fingerprint density at radius 1 is 1.37 bits per heavy atom. The molecule has 1 aromatic carbocycles. The van der Waals surface area contributed by atoms with E-state index >= 15 is 0 Å². The van der Waals surface area contributed by atoms with E-state index < -0.39 is 10.9 Å². The number of hydrogen-bond acceptors (Lipinski definition) is 6. The molecule has 6 nitrogen and oxygen atoms in total. The van der Waals surface area contributed by atoms with Gasteiger partial charge in [0.05, 0.1) is 17.6 Å². The van der Waals surface area contributed by atoms with Crippen LogP contribution in [-0.4, -0.2) is 18.0 Å². The number of carbonyl (C=O) groups excluding carboxylic acids is 1. The van der Waals surface area contributed by atoms with E-state index in [1.54, 1.807) is 23.6 Å². The van der Waals surface area contributed by atoms with Crippen molar-refractivity contribution in [2.75, 3.05) is 12.8 Å². The molecular weight excluding hydrogens is 268 g/mol. The van der Waals surface area contributed by atoms with Crippen LogP contribution in [0.15, 0.2) is 29.6 Å². The van der Waals surface area contributed by atoms with Crippen LogP contribution in [0, 0.1) is 10.1 Å². The fourth-order valence-electron chi connectivity index (χ4n) is 1.74. The van der Waals surface area contributed by atoms with Crippen molar-refractivity contribution in [2.24, 2.45) is 0 Å². The van der Waals surface area contributed by atoms with Crippen LogP contribution in [0.5, 0.6) is 0 Å². The first-order valence-electron chi connectivity index (χ1n) is 5.25. The minimum Gasteiger partial charge on any atom is -0.465 e. The Labute approximate surface area is 112 Å². The number of thiophene rings is 1. The molecule has 0 spiro atoms. The molecule has 1 aromatic heterocycles. The minimum atomic E-state index is -0.605. The van der Waals surface area contributed by atoms with Gasteiger partial charge in [-0.15, -0.1) is 11.3 Å². The van der Waals surface area contributed by atoms with Crippen LogP contribution in [0.1, 0.15) is 10.4 Å². The second-order valence-electron chi connectivity index (χ2n) is 3.65. The lowest BCUT2D eigenvalue weighted by molar-refractivity contribution is -0.384. The van der Waals surface area contributed by atoms with Crippen molar-refractivity contribution < 1.29 is 14.5 Å². The maximum atomic E-state index is 11.7. The average Bonchev–Trinajstić information content (AvgIpc) is 2.79. The molecule has 0 aliphatic carbocycles. The topological polar surface area (TPSA) is 95.5 Å². The van der Waals surface area contributed by atoms with Crippen LogP contribution in [0.3, 0.4) is 0 Å². The Balaban J connectivity index is 2.67. The van der Waals surface area contributed by atoms with Crippen LogP contribution >= 0.6 is 11.3 Å². The summed E-state index contributed by atoms with van der Waals surface area (Å²) >= 11 is 1.14. The van der Waals surface area contributed by atoms with Gasteiger partial charge in [0.1, 0.15) is 10.6 Å². The number of carbonyl (C=O) groups is 1. The summed E-state index contributed by atoms with van der Waals surface area (Å²) in [6.45, 7) is 0. The molecule has 0 aliphatic heterocycles. The van der Waals surface area contributed by atoms with Gasteiger partial charge in [0.15, 0.2) is 0 Å². The number of nitro benzene ring substituents is 1. The molecule has 19 heavy (non-hydrogen) atoms. The van der Waals surface area contributed by atoms with Gasteiger partial charge in [0, 0.05) is 17.0 Å². The molecular formula is C12H10N2O4S. The number of nitrogens with two attached hydrogens (primary N) is 1. The van der Waals surface area contributed by atoms with Gasteiger partial charge in [-0.05, 0) is 6.07 Å². The normalized spacial score (nSPS) is 10.2. The molecule has 0 fully saturated rings. The summed E-state index contributed by atoms with van der Waals surface area (Å²) in [7, 11) is 1.24. The summed E-state index contributed by atoms with van der Waals surface area (Å²) in [5.74, 6) is -0.605. The number of nitro groups is 1. The molecule has 0 amide bonds. The molecule has 0 atom stereocenters. The van der Waals surface area contributed by atoms with Crippen LogP contribution in [0.2, 0.25) is 0 Å². The third kappa shape index (κ3) is 2.27. The molecule has 2 rings (SSSR count). The van der Waals surface area contributed by atoms with Crippen molar-refractivity contribution in [1.29, 1.82) is 0 Å². The number of esters is 1. The van der Waals surface area contributed by atoms with E-state index in [4.69, 9.17) is 5.73 Å². The summed E-state index contributed by atoms with van der Waals surface area (Å²) in [6.07, 6.45) is 0. The summed E-state index contributed by atoms with van der Waals surface area (Å²) in [5.41, 5.74) is 6.59. The maximum Gasteiger partial charge on any atom is 0.341 e. The first-order chi connectivity index (χ1) is 9.06. The van der Waals surface area contributed by atoms with Crippen molar-refractivity contribution >= 4 is 28.0 Å². The molecule has 2 N–H and O–H groups in total. The van der Waals surface area contributed by atoms with Crippen molar-refractivity contribution in [3.05, 3.63) is 45.3 Å². The lowest BCUT2D eigenvalue weighted by Crippen LogP contribution is -2.05. The van der Waals surface area contributed by atoms with E-state index in [-0.39, 0.29) is 16.3 Å². The highest BCUT2D eigenvalue weighted by molar-refractivity contribution is 7.15. The highest BCUT2D eigenvalue weighted by atomic mass is 32.1. The van der Waals surface area contributed by atoms with Gasteiger partial charge in [-0.3, -0.25) is 10.1 Å². The fourth-order valence-corrected chi connectivity index (χ4v) is 2.55. The number of para-hydroxylation sites is 1.